The van der Waals surface area contributed by atoms with Crippen molar-refractivity contribution in [3.8, 4) is 0 Å². The van der Waals surface area contributed by atoms with Crippen LogP contribution >= 0.6 is 0 Å². The van der Waals surface area contributed by atoms with Crippen LogP contribution in [0.2, 0.25) is 0 Å². The summed E-state index contributed by atoms with van der Waals surface area (Å²) in [5, 5.41) is 4.23. The Bertz CT molecular complexity index is 973. The van der Waals surface area contributed by atoms with Crippen LogP contribution in [0.15, 0.2) is 94.9 Å². The molecule has 0 fully saturated rings. The van der Waals surface area contributed by atoms with Gasteiger partial charge in [0.25, 0.3) is 10.0 Å². The highest BCUT2D eigenvalue weighted by atomic mass is 32.2. The van der Waals surface area contributed by atoms with Crippen LogP contribution in [0.3, 0.4) is 0 Å². The Morgan fingerprint density at radius 1 is 0.815 bits per heavy atom. The van der Waals surface area contributed by atoms with Crippen molar-refractivity contribution in [2.75, 3.05) is 0 Å². The van der Waals surface area contributed by atoms with Crippen molar-refractivity contribution in [1.29, 1.82) is 0 Å². The molecule has 27 heavy (non-hydrogen) atoms. The van der Waals surface area contributed by atoms with Gasteiger partial charge < -0.3 is 0 Å². The molecule has 5 heteroatoms. The van der Waals surface area contributed by atoms with Gasteiger partial charge in [0.2, 0.25) is 0 Å². The van der Waals surface area contributed by atoms with E-state index < -0.39 is 10.0 Å². The monoisotopic (exact) mass is 378 g/mol. The number of hydrazone groups is 1. The summed E-state index contributed by atoms with van der Waals surface area (Å²) in [4.78, 5) is 2.57. The van der Waals surface area contributed by atoms with Gasteiger partial charge in [0, 0.05) is 11.6 Å². The summed E-state index contributed by atoms with van der Waals surface area (Å²) in [7, 11) is -3.71. The van der Waals surface area contributed by atoms with Crippen LogP contribution in [-0.2, 0) is 10.0 Å². The lowest BCUT2D eigenvalue weighted by Gasteiger charge is -2.18. The zero-order chi connectivity index (χ0) is 19.3. The minimum atomic E-state index is -3.71. The minimum Gasteiger partial charge on any atom is -0.200 e. The highest BCUT2D eigenvalue weighted by molar-refractivity contribution is 7.89. The summed E-state index contributed by atoms with van der Waals surface area (Å²) in [5.41, 5.74) is 3.78. The Morgan fingerprint density at radius 2 is 1.30 bits per heavy atom. The third kappa shape index (κ3) is 4.63. The quantitative estimate of drug-likeness (QED) is 0.508. The van der Waals surface area contributed by atoms with Crippen LogP contribution < -0.4 is 4.83 Å². The molecule has 0 spiro atoms. The number of hydrogen-bond donors (Lipinski definition) is 1. The van der Waals surface area contributed by atoms with E-state index in [0.717, 1.165) is 16.7 Å². The van der Waals surface area contributed by atoms with Crippen LogP contribution in [-0.4, -0.2) is 14.1 Å². The van der Waals surface area contributed by atoms with Gasteiger partial charge in [-0.15, -0.1) is 0 Å². The molecule has 0 amide bonds. The molecule has 3 aromatic rings. The predicted molar refractivity (Wildman–Crippen MR) is 109 cm³/mol. The number of sulfonamides is 1. The molecule has 0 saturated carbocycles. The number of hydrogen-bond acceptors (Lipinski definition) is 3. The van der Waals surface area contributed by atoms with E-state index >= 15 is 0 Å². The molecule has 3 rings (SSSR count). The van der Waals surface area contributed by atoms with E-state index in [9.17, 15) is 8.42 Å². The fourth-order valence-corrected chi connectivity index (χ4v) is 3.80. The first-order chi connectivity index (χ1) is 13.0. The smallest absolute Gasteiger partial charge is 0.200 e. The maximum absolute atomic E-state index is 12.5. The van der Waals surface area contributed by atoms with Gasteiger partial charge in [-0.2, -0.15) is 13.5 Å². The summed E-state index contributed by atoms with van der Waals surface area (Å²) < 4.78 is 25.1. The fourth-order valence-electron chi connectivity index (χ4n) is 2.93. The number of nitrogens with zero attached hydrogens (tertiary/aromatic N) is 1. The third-order valence-electron chi connectivity index (χ3n) is 4.36. The highest BCUT2D eigenvalue weighted by Crippen LogP contribution is 2.26. The molecule has 0 unspecified atom stereocenters. The second kappa shape index (κ2) is 8.18. The molecule has 0 saturated heterocycles. The largest absolute Gasteiger partial charge is 0.276 e. The molecule has 0 aromatic heterocycles. The van der Waals surface area contributed by atoms with E-state index in [1.165, 1.54) is 0 Å². The normalized spacial score (nSPS) is 12.2. The van der Waals surface area contributed by atoms with Gasteiger partial charge in [0.05, 0.1) is 4.90 Å². The highest BCUT2D eigenvalue weighted by Gasteiger charge is 2.19. The van der Waals surface area contributed by atoms with E-state index in [-0.39, 0.29) is 10.8 Å². The average molecular weight is 378 g/mol. The molecule has 0 atom stereocenters. The van der Waals surface area contributed by atoms with Crippen molar-refractivity contribution < 1.29 is 8.42 Å². The molecule has 0 aliphatic carbocycles. The van der Waals surface area contributed by atoms with Gasteiger partial charge in [0.15, 0.2) is 0 Å². The SMILES string of the molecule is C/C(=N/NS(=O)(=O)c1ccc(C)cc1)C(c1ccccc1)c1ccccc1. The number of rotatable bonds is 6. The summed E-state index contributed by atoms with van der Waals surface area (Å²) in [6.07, 6.45) is 0. The van der Waals surface area contributed by atoms with Crippen molar-refractivity contribution in [3.63, 3.8) is 0 Å². The van der Waals surface area contributed by atoms with Gasteiger partial charge in [-0.1, -0.05) is 78.4 Å². The van der Waals surface area contributed by atoms with Crippen LogP contribution in [0.4, 0.5) is 0 Å². The first-order valence-corrected chi connectivity index (χ1v) is 10.2. The van der Waals surface area contributed by atoms with Crippen molar-refractivity contribution >= 4 is 15.7 Å². The molecule has 0 radical (unpaired) electrons. The van der Waals surface area contributed by atoms with E-state index in [4.69, 9.17) is 0 Å². The van der Waals surface area contributed by atoms with Crippen LogP contribution in [0.25, 0.3) is 0 Å². The van der Waals surface area contributed by atoms with Crippen LogP contribution in [0, 0.1) is 6.92 Å². The molecule has 0 bridgehead atoms. The molecule has 138 valence electrons. The first-order valence-electron chi connectivity index (χ1n) is 8.70. The Balaban J connectivity index is 1.92. The van der Waals surface area contributed by atoms with Gasteiger partial charge in [-0.25, -0.2) is 4.83 Å². The zero-order valence-corrected chi connectivity index (χ0v) is 16.1. The lowest BCUT2D eigenvalue weighted by molar-refractivity contribution is 0.584. The van der Waals surface area contributed by atoms with Gasteiger partial charge in [-0.3, -0.25) is 0 Å². The minimum absolute atomic E-state index is 0.131. The molecule has 1 N–H and O–H groups in total. The van der Waals surface area contributed by atoms with Crippen molar-refractivity contribution in [3.05, 3.63) is 102 Å². The first kappa shape index (κ1) is 18.9. The second-order valence-electron chi connectivity index (χ2n) is 6.42. The molecular weight excluding hydrogens is 356 g/mol. The Morgan fingerprint density at radius 3 is 1.78 bits per heavy atom. The van der Waals surface area contributed by atoms with E-state index in [1.807, 2.05) is 74.5 Å². The van der Waals surface area contributed by atoms with Crippen molar-refractivity contribution in [1.82, 2.24) is 4.83 Å². The fraction of sp³-hybridized carbons (Fsp3) is 0.136. The number of benzene rings is 3. The molecule has 0 heterocycles. The maximum Gasteiger partial charge on any atom is 0.276 e. The third-order valence-corrected chi connectivity index (χ3v) is 5.58. The Hall–Kier alpha value is -2.92. The van der Waals surface area contributed by atoms with Crippen molar-refractivity contribution in [2.45, 2.75) is 24.7 Å². The predicted octanol–water partition coefficient (Wildman–Crippen LogP) is 4.48. The van der Waals surface area contributed by atoms with Crippen LogP contribution in [0.1, 0.15) is 29.5 Å². The van der Waals surface area contributed by atoms with Gasteiger partial charge in [0.1, 0.15) is 0 Å². The molecular formula is C22H22N2O2S. The standard InChI is InChI=1S/C22H22N2O2S/c1-17-13-15-21(16-14-17)27(25,26)24-23-18(2)22(19-9-5-3-6-10-19)20-11-7-4-8-12-20/h3-16,22,24H,1-2H3/b23-18-. The molecule has 0 aliphatic rings. The molecule has 4 nitrogen and oxygen atoms in total. The number of aryl methyl sites for hydroxylation is 1. The summed E-state index contributed by atoms with van der Waals surface area (Å²) >= 11 is 0. The zero-order valence-electron chi connectivity index (χ0n) is 15.3. The topological polar surface area (TPSA) is 58.5 Å². The van der Waals surface area contributed by atoms with E-state index in [0.29, 0.717) is 5.71 Å². The Labute approximate surface area is 160 Å². The summed E-state index contributed by atoms with van der Waals surface area (Å²) in [6.45, 7) is 3.75. The van der Waals surface area contributed by atoms with Crippen molar-refractivity contribution in [2.24, 2.45) is 5.10 Å². The Kier molecular flexibility index (Phi) is 5.72. The van der Waals surface area contributed by atoms with E-state index in [1.54, 1.807) is 24.3 Å². The second-order valence-corrected chi connectivity index (χ2v) is 8.08. The molecule has 0 aliphatic heterocycles. The maximum atomic E-state index is 12.5. The summed E-state index contributed by atoms with van der Waals surface area (Å²) in [5.74, 6) is -0.131. The lowest BCUT2D eigenvalue weighted by atomic mass is 9.88. The average Bonchev–Trinajstić information content (AvgIpc) is 2.69. The van der Waals surface area contributed by atoms with Gasteiger partial charge in [-0.05, 0) is 37.1 Å². The molecule has 3 aromatic carbocycles. The van der Waals surface area contributed by atoms with E-state index in [2.05, 4.69) is 9.93 Å². The summed E-state index contributed by atoms with van der Waals surface area (Å²) in [6, 6.07) is 26.5. The number of nitrogens with one attached hydrogen (secondary N) is 1. The van der Waals surface area contributed by atoms with Gasteiger partial charge >= 0.3 is 0 Å². The van der Waals surface area contributed by atoms with Crippen LogP contribution in [0.5, 0.6) is 0 Å². The lowest BCUT2D eigenvalue weighted by Crippen LogP contribution is -2.22.